The van der Waals surface area contributed by atoms with Crippen LogP contribution in [0.25, 0.3) is 0 Å². The number of nitrogens with one attached hydrogen (secondary N) is 2. The number of hydrogen-bond donors (Lipinski definition) is 2. The van der Waals surface area contributed by atoms with Gasteiger partial charge in [-0.2, -0.15) is 0 Å². The topological polar surface area (TPSA) is 156 Å². The maximum absolute atomic E-state index is 11.8. The number of carbonyl (C=O) groups excluding carboxylic acids is 1. The van der Waals surface area contributed by atoms with Crippen LogP contribution in [-0.2, 0) is 20.6 Å². The smallest absolute Gasteiger partial charge is 0.809 e. The standard InChI is InChI=1S/C18H28N3O7P.2Na/c1-2-3-4-5-6-9-16(22)19-10-7-8-15-13-21(18(24)20-17(15)23)11-12-28-14-29(25,26)27;;/h13H,2-6,9-12,14H2,1H3,(H,19,22)(H,20,23,24)(H2,25,26,27);;/q;2*+1/p-2. The van der Waals surface area contributed by atoms with Gasteiger partial charge in [-0.05, 0) is 14.0 Å². The number of hydrogen-bond acceptors (Lipinski definition) is 7. The molecule has 10 nitrogen and oxygen atoms in total. The summed E-state index contributed by atoms with van der Waals surface area (Å²) in [6.45, 7) is 1.91. The Labute approximate surface area is 225 Å². The number of unbranched alkanes of at least 4 members (excludes halogenated alkanes) is 4. The first-order chi connectivity index (χ1) is 13.7. The van der Waals surface area contributed by atoms with Crippen molar-refractivity contribution in [2.24, 2.45) is 0 Å². The van der Waals surface area contributed by atoms with Gasteiger partial charge in [-0.1, -0.05) is 44.4 Å². The minimum Gasteiger partial charge on any atom is -0.809 e. The Morgan fingerprint density at radius 1 is 1.23 bits per heavy atom. The summed E-state index contributed by atoms with van der Waals surface area (Å²) in [6, 6.07) is 0. The van der Waals surface area contributed by atoms with Crippen molar-refractivity contribution in [3.8, 4) is 11.8 Å². The van der Waals surface area contributed by atoms with Gasteiger partial charge in [-0.25, -0.2) is 4.79 Å². The van der Waals surface area contributed by atoms with Crippen LogP contribution in [0.5, 0.6) is 0 Å². The van der Waals surface area contributed by atoms with E-state index in [9.17, 15) is 28.7 Å². The first-order valence-corrected chi connectivity index (χ1v) is 11.1. The van der Waals surface area contributed by atoms with Crippen molar-refractivity contribution in [2.45, 2.75) is 52.0 Å². The van der Waals surface area contributed by atoms with Gasteiger partial charge in [-0.15, -0.1) is 0 Å². The van der Waals surface area contributed by atoms with Crippen molar-refractivity contribution >= 4 is 13.5 Å². The molecule has 0 aromatic carbocycles. The molecule has 0 saturated heterocycles. The van der Waals surface area contributed by atoms with Crippen molar-refractivity contribution in [1.82, 2.24) is 14.9 Å². The van der Waals surface area contributed by atoms with Crippen LogP contribution in [0.3, 0.4) is 0 Å². The van der Waals surface area contributed by atoms with Crippen LogP contribution in [0.4, 0.5) is 0 Å². The maximum Gasteiger partial charge on any atom is 1.00 e. The zero-order chi connectivity index (χ0) is 21.7. The second-order valence-corrected chi connectivity index (χ2v) is 7.87. The van der Waals surface area contributed by atoms with E-state index < -0.39 is 25.2 Å². The summed E-state index contributed by atoms with van der Waals surface area (Å²) in [5.41, 5.74) is -1.38. The molecule has 1 aromatic rings. The molecule has 0 unspecified atom stereocenters. The van der Waals surface area contributed by atoms with E-state index in [1.165, 1.54) is 6.20 Å². The van der Waals surface area contributed by atoms with Crippen LogP contribution in [0.2, 0.25) is 0 Å². The summed E-state index contributed by atoms with van der Waals surface area (Å²) in [4.78, 5) is 58.3. The fourth-order valence-corrected chi connectivity index (χ4v) is 2.72. The van der Waals surface area contributed by atoms with Gasteiger partial charge in [0.1, 0.15) is 5.56 Å². The minimum absolute atomic E-state index is 0. The Balaban J connectivity index is 0. The van der Waals surface area contributed by atoms with Gasteiger partial charge < -0.3 is 24.4 Å². The molecule has 1 aromatic heterocycles. The van der Waals surface area contributed by atoms with Crippen LogP contribution in [0.15, 0.2) is 15.8 Å². The number of aromatic nitrogens is 2. The predicted octanol–water partition coefficient (Wildman–Crippen LogP) is -6.74. The second-order valence-electron chi connectivity index (χ2n) is 6.39. The summed E-state index contributed by atoms with van der Waals surface area (Å²) in [6.07, 6.45) is 5.90. The molecule has 0 atom stereocenters. The molecule has 13 heteroatoms. The van der Waals surface area contributed by atoms with E-state index in [4.69, 9.17) is 0 Å². The van der Waals surface area contributed by atoms with Crippen LogP contribution < -0.4 is 85.5 Å². The van der Waals surface area contributed by atoms with E-state index in [1.807, 2.05) is 0 Å². The predicted molar refractivity (Wildman–Crippen MR) is 103 cm³/mol. The fraction of sp³-hybridized carbons (Fsp3) is 0.611. The molecule has 1 amide bonds. The zero-order valence-corrected chi connectivity index (χ0v) is 23.3. The van der Waals surface area contributed by atoms with Gasteiger partial charge in [0, 0.05) is 12.6 Å². The number of amides is 1. The Kier molecular flexibility index (Phi) is 19.4. The third kappa shape index (κ3) is 16.1. The van der Waals surface area contributed by atoms with Crippen LogP contribution in [-0.4, -0.2) is 35.0 Å². The Morgan fingerprint density at radius 2 is 1.90 bits per heavy atom. The fourth-order valence-electron chi connectivity index (χ4n) is 2.36. The summed E-state index contributed by atoms with van der Waals surface area (Å²) >= 11 is 0. The van der Waals surface area contributed by atoms with Crippen molar-refractivity contribution < 1.29 is 83.0 Å². The summed E-state index contributed by atoms with van der Waals surface area (Å²) < 4.78 is 16.3. The normalized spacial score (nSPS) is 10.3. The zero-order valence-electron chi connectivity index (χ0n) is 18.4. The third-order valence-electron chi connectivity index (χ3n) is 3.84. The minimum atomic E-state index is -4.78. The van der Waals surface area contributed by atoms with E-state index in [0.29, 0.717) is 6.42 Å². The molecule has 0 radical (unpaired) electrons. The first kappa shape index (κ1) is 33.0. The molecule has 162 valence electrons. The molecule has 0 saturated carbocycles. The van der Waals surface area contributed by atoms with E-state index in [1.54, 1.807) is 0 Å². The maximum atomic E-state index is 11.8. The number of nitrogens with zero attached hydrogens (tertiary/aromatic N) is 1. The summed E-state index contributed by atoms with van der Waals surface area (Å²) in [5, 5.41) is 2.65. The quantitative estimate of drug-likeness (QED) is 0.132. The van der Waals surface area contributed by atoms with Crippen molar-refractivity contribution in [3.63, 3.8) is 0 Å². The number of H-pyrrole nitrogens is 1. The number of ether oxygens (including phenoxy) is 1. The van der Waals surface area contributed by atoms with Crippen molar-refractivity contribution in [2.75, 3.05) is 19.5 Å². The summed E-state index contributed by atoms with van der Waals surface area (Å²) in [7, 11) is -4.78. The first-order valence-electron chi connectivity index (χ1n) is 9.41. The van der Waals surface area contributed by atoms with Gasteiger partial charge in [0.15, 0.2) is 0 Å². The number of carbonyl (C=O) groups is 1. The molecule has 0 aliphatic rings. The van der Waals surface area contributed by atoms with Gasteiger partial charge in [0.2, 0.25) is 5.91 Å². The Morgan fingerprint density at radius 3 is 2.55 bits per heavy atom. The van der Waals surface area contributed by atoms with Gasteiger partial charge in [-0.3, -0.25) is 19.1 Å². The molecule has 0 aliphatic heterocycles. The van der Waals surface area contributed by atoms with E-state index in [0.717, 1.165) is 36.7 Å². The van der Waals surface area contributed by atoms with Gasteiger partial charge in [0.25, 0.3) is 5.56 Å². The molecule has 31 heavy (non-hydrogen) atoms. The Bertz CT molecular complexity index is 887. The largest absolute Gasteiger partial charge is 1.00 e. The number of rotatable bonds is 12. The van der Waals surface area contributed by atoms with Gasteiger partial charge >= 0.3 is 64.8 Å². The SMILES string of the molecule is CCCCCCCC(=O)NCC#Cc1cn(CCOCP(=O)([O-])[O-])c(=O)[nH]c1=O.[Na+].[Na+]. The monoisotopic (exact) mass is 473 g/mol. The van der Waals surface area contributed by atoms with Crippen LogP contribution >= 0.6 is 7.60 Å². The molecular formula is C18H26N3Na2O7P. The van der Waals surface area contributed by atoms with E-state index in [-0.39, 0.29) is 90.3 Å². The van der Waals surface area contributed by atoms with Crippen molar-refractivity contribution in [1.29, 1.82) is 0 Å². The van der Waals surface area contributed by atoms with E-state index in [2.05, 4.69) is 33.8 Å². The molecule has 1 heterocycles. The van der Waals surface area contributed by atoms with Gasteiger partial charge in [0.05, 0.1) is 26.0 Å². The summed E-state index contributed by atoms with van der Waals surface area (Å²) in [5.74, 6) is 5.12. The molecule has 1 rings (SSSR count). The number of aromatic amines is 1. The molecule has 0 aliphatic carbocycles. The Hall–Kier alpha value is -0.180. The second kappa shape index (κ2) is 18.3. The molecule has 0 fully saturated rings. The van der Waals surface area contributed by atoms with Crippen LogP contribution in [0.1, 0.15) is 51.0 Å². The molecule has 0 spiro atoms. The van der Waals surface area contributed by atoms with Crippen molar-refractivity contribution in [3.05, 3.63) is 32.6 Å². The van der Waals surface area contributed by atoms with Crippen LogP contribution in [0, 0.1) is 11.8 Å². The van der Waals surface area contributed by atoms with E-state index >= 15 is 0 Å². The average Bonchev–Trinajstić information content (AvgIpc) is 2.64. The molecule has 0 bridgehead atoms. The molecule has 2 N–H and O–H groups in total. The average molecular weight is 473 g/mol. The third-order valence-corrected chi connectivity index (χ3v) is 4.34. The molecular weight excluding hydrogens is 447 g/mol.